The van der Waals surface area contributed by atoms with Crippen molar-refractivity contribution < 1.29 is 36.2 Å². The summed E-state index contributed by atoms with van der Waals surface area (Å²) in [6, 6.07) is 6.92. The summed E-state index contributed by atoms with van der Waals surface area (Å²) < 4.78 is 71.6. The van der Waals surface area contributed by atoms with E-state index in [2.05, 4.69) is 15.4 Å². The summed E-state index contributed by atoms with van der Waals surface area (Å²) in [5.41, 5.74) is -0.457. The second kappa shape index (κ2) is 10.7. The molecule has 1 amide bonds. The monoisotopic (exact) mass is 552 g/mol. The third-order valence-electron chi connectivity index (χ3n) is 6.25. The Kier molecular flexibility index (Phi) is 7.79. The molecule has 1 fully saturated rings. The molecule has 0 spiro atoms. The van der Waals surface area contributed by atoms with Crippen LogP contribution in [-0.2, 0) is 22.6 Å². The van der Waals surface area contributed by atoms with Crippen LogP contribution in [0, 0.1) is 12.8 Å². The lowest BCUT2D eigenvalue weighted by Gasteiger charge is -2.17. The quantitative estimate of drug-likeness (QED) is 0.389. The van der Waals surface area contributed by atoms with Gasteiger partial charge in [0.1, 0.15) is 5.56 Å². The van der Waals surface area contributed by atoms with E-state index in [-0.39, 0.29) is 33.7 Å². The topological polar surface area (TPSA) is 123 Å². The molecule has 1 saturated carbocycles. The molecule has 1 aliphatic rings. The van der Waals surface area contributed by atoms with E-state index in [1.807, 2.05) is 0 Å². The fraction of sp³-hybridized carbons (Fsp3) is 0.400. The molecule has 1 aliphatic carbocycles. The van der Waals surface area contributed by atoms with Crippen LogP contribution in [0.1, 0.15) is 53.0 Å². The highest BCUT2D eigenvalue weighted by molar-refractivity contribution is 7.91. The van der Waals surface area contributed by atoms with E-state index in [9.17, 15) is 31.5 Å². The predicted molar refractivity (Wildman–Crippen MR) is 130 cm³/mol. The van der Waals surface area contributed by atoms with Crippen molar-refractivity contribution in [2.75, 3.05) is 12.4 Å². The Labute approximate surface area is 217 Å². The fourth-order valence-corrected chi connectivity index (χ4v) is 4.75. The smallest absolute Gasteiger partial charge is 0.420 e. The minimum atomic E-state index is -4.70. The second-order valence-electron chi connectivity index (χ2n) is 9.04. The van der Waals surface area contributed by atoms with Crippen LogP contribution in [0.5, 0.6) is 11.8 Å². The lowest BCUT2D eigenvalue weighted by atomic mass is 10.1. The van der Waals surface area contributed by atoms with Crippen LogP contribution in [-0.4, -0.2) is 46.6 Å². The summed E-state index contributed by atoms with van der Waals surface area (Å²) in [7, 11) is -3.42. The number of aromatic nitrogens is 3. The number of carbonyl (C=O) groups excluding carboxylic acids is 1. The van der Waals surface area contributed by atoms with Crippen LogP contribution in [0.3, 0.4) is 0 Å². The summed E-state index contributed by atoms with van der Waals surface area (Å²) in [5.74, 6) is -1.16. The summed E-state index contributed by atoms with van der Waals surface area (Å²) in [6.45, 7) is 2.91. The number of nitrogens with one attached hydrogen (secondary N) is 1. The molecule has 9 nitrogen and oxygen atoms in total. The zero-order chi connectivity index (χ0) is 27.7. The van der Waals surface area contributed by atoms with Gasteiger partial charge in [0.25, 0.3) is 5.91 Å². The maximum atomic E-state index is 13.5. The number of sulfone groups is 1. The second-order valence-corrected chi connectivity index (χ2v) is 11.3. The van der Waals surface area contributed by atoms with Crippen molar-refractivity contribution >= 4 is 15.7 Å². The molecular formula is C25H27F3N4O5S. The zero-order valence-electron chi connectivity index (χ0n) is 20.7. The van der Waals surface area contributed by atoms with Crippen molar-refractivity contribution in [3.8, 4) is 11.8 Å². The Morgan fingerprint density at radius 2 is 1.92 bits per heavy atom. The molecule has 1 aromatic carbocycles. The highest BCUT2D eigenvalue weighted by atomic mass is 32.2. The van der Waals surface area contributed by atoms with Crippen molar-refractivity contribution in [1.82, 2.24) is 20.1 Å². The predicted octanol–water partition coefficient (Wildman–Crippen LogP) is 4.06. The van der Waals surface area contributed by atoms with E-state index in [1.165, 1.54) is 49.0 Å². The van der Waals surface area contributed by atoms with Gasteiger partial charge in [0.05, 0.1) is 23.3 Å². The molecule has 2 aromatic heterocycles. The van der Waals surface area contributed by atoms with Gasteiger partial charge in [-0.25, -0.2) is 18.1 Å². The van der Waals surface area contributed by atoms with Gasteiger partial charge in [-0.15, -0.1) is 0 Å². The van der Waals surface area contributed by atoms with Gasteiger partial charge < -0.3 is 15.2 Å². The van der Waals surface area contributed by atoms with Crippen LogP contribution in [0.2, 0.25) is 0 Å². The lowest BCUT2D eigenvalue weighted by molar-refractivity contribution is -0.138. The van der Waals surface area contributed by atoms with Gasteiger partial charge in [-0.1, -0.05) is 19.1 Å². The number of nitrogens with zero attached hydrogens (tertiary/aromatic N) is 3. The van der Waals surface area contributed by atoms with E-state index in [0.29, 0.717) is 12.1 Å². The third-order valence-corrected chi connectivity index (χ3v) is 8.00. The first-order valence-corrected chi connectivity index (χ1v) is 13.6. The van der Waals surface area contributed by atoms with Crippen LogP contribution >= 0.6 is 0 Å². The van der Waals surface area contributed by atoms with Crippen molar-refractivity contribution in [1.29, 1.82) is 0 Å². The Balaban J connectivity index is 1.62. The minimum Gasteiger partial charge on any atom is -0.420 e. The fourth-order valence-electron chi connectivity index (χ4n) is 3.86. The van der Waals surface area contributed by atoms with Crippen LogP contribution in [0.15, 0.2) is 47.5 Å². The molecule has 13 heteroatoms. The normalized spacial score (nSPS) is 14.8. The molecule has 3 aromatic rings. The molecule has 0 radical (unpaired) electrons. The third kappa shape index (κ3) is 5.99. The van der Waals surface area contributed by atoms with Crippen molar-refractivity contribution in [3.63, 3.8) is 0 Å². The van der Waals surface area contributed by atoms with Gasteiger partial charge in [-0.3, -0.25) is 4.79 Å². The Bertz CT molecular complexity index is 1420. The standard InChI is InChI=1S/C25H27F3N4O5S/c1-3-38(35,36)18-10-8-17(9-11-18)20(14-33)30-22(34)21-15(2)24(32(31-21)13-16-6-7-16)37-23-19(25(26,27)28)5-4-12-29-23/h4-5,8-12,16,20,33H,3,6-7,13-14H2,1-2H3,(H,30,34). The van der Waals surface area contributed by atoms with E-state index in [4.69, 9.17) is 4.74 Å². The number of benzene rings is 1. The molecule has 1 atom stereocenters. The summed E-state index contributed by atoms with van der Waals surface area (Å²) in [6.07, 6.45) is -1.67. The van der Waals surface area contributed by atoms with E-state index in [1.54, 1.807) is 0 Å². The van der Waals surface area contributed by atoms with Gasteiger partial charge >= 0.3 is 6.18 Å². The number of amides is 1. The Morgan fingerprint density at radius 3 is 2.50 bits per heavy atom. The number of alkyl halides is 3. The molecule has 0 saturated heterocycles. The molecule has 204 valence electrons. The summed E-state index contributed by atoms with van der Waals surface area (Å²) >= 11 is 0. The van der Waals surface area contributed by atoms with Gasteiger partial charge in [-0.2, -0.15) is 18.3 Å². The van der Waals surface area contributed by atoms with Crippen molar-refractivity contribution in [2.24, 2.45) is 5.92 Å². The van der Waals surface area contributed by atoms with Crippen molar-refractivity contribution in [2.45, 2.75) is 50.3 Å². The van der Waals surface area contributed by atoms with Gasteiger partial charge in [-0.05, 0) is 55.5 Å². The first kappa shape index (κ1) is 27.6. The molecule has 0 aliphatic heterocycles. The van der Waals surface area contributed by atoms with Crippen LogP contribution in [0.4, 0.5) is 13.2 Å². The highest BCUT2D eigenvalue weighted by Crippen LogP contribution is 2.39. The largest absolute Gasteiger partial charge is 0.421 e. The lowest BCUT2D eigenvalue weighted by Crippen LogP contribution is -2.31. The van der Waals surface area contributed by atoms with Gasteiger partial charge in [0, 0.05) is 18.3 Å². The summed E-state index contributed by atoms with van der Waals surface area (Å²) in [5, 5.41) is 16.9. The number of carbonyl (C=O) groups is 1. The first-order valence-electron chi connectivity index (χ1n) is 12.0. The zero-order valence-corrected chi connectivity index (χ0v) is 21.5. The number of pyridine rings is 1. The molecule has 1 unspecified atom stereocenters. The molecule has 38 heavy (non-hydrogen) atoms. The van der Waals surface area contributed by atoms with E-state index in [0.717, 1.165) is 25.0 Å². The Hall–Kier alpha value is -3.45. The maximum Gasteiger partial charge on any atom is 0.421 e. The maximum absolute atomic E-state index is 13.5. The van der Waals surface area contributed by atoms with Gasteiger partial charge in [0.15, 0.2) is 15.5 Å². The molecule has 4 rings (SSSR count). The molecular weight excluding hydrogens is 525 g/mol. The number of rotatable bonds is 10. The van der Waals surface area contributed by atoms with Crippen molar-refractivity contribution in [3.05, 3.63) is 65.0 Å². The van der Waals surface area contributed by atoms with Crippen LogP contribution in [0.25, 0.3) is 0 Å². The highest BCUT2D eigenvalue weighted by Gasteiger charge is 2.36. The number of ether oxygens (including phenoxy) is 1. The van der Waals surface area contributed by atoms with E-state index >= 15 is 0 Å². The molecule has 2 N–H and O–H groups in total. The summed E-state index contributed by atoms with van der Waals surface area (Å²) in [4.78, 5) is 17.0. The number of aliphatic hydroxyl groups is 1. The number of halogens is 3. The average Bonchev–Trinajstić information content (AvgIpc) is 3.66. The first-order chi connectivity index (χ1) is 17.9. The number of hydrogen-bond donors (Lipinski definition) is 2. The number of aliphatic hydroxyl groups excluding tert-OH is 1. The van der Waals surface area contributed by atoms with Gasteiger partial charge in [0.2, 0.25) is 11.8 Å². The SMILES string of the molecule is CCS(=O)(=O)c1ccc(C(CO)NC(=O)c2nn(CC3CC3)c(Oc3ncccc3C(F)(F)F)c2C)cc1. The molecule has 2 heterocycles. The Morgan fingerprint density at radius 1 is 1.24 bits per heavy atom. The van der Waals surface area contributed by atoms with Crippen LogP contribution < -0.4 is 10.1 Å². The molecule has 0 bridgehead atoms. The minimum absolute atomic E-state index is 0.0269. The number of hydrogen-bond acceptors (Lipinski definition) is 7. The average molecular weight is 553 g/mol. The van der Waals surface area contributed by atoms with E-state index < -0.39 is 46.0 Å².